The molecule has 1 aromatic rings. The molecule has 1 aliphatic rings. The van der Waals surface area contributed by atoms with E-state index in [2.05, 4.69) is 22.1 Å². The summed E-state index contributed by atoms with van der Waals surface area (Å²) in [4.78, 5) is 2.26. The van der Waals surface area contributed by atoms with Crippen LogP contribution in [0.3, 0.4) is 0 Å². The first kappa shape index (κ1) is 14.6. The summed E-state index contributed by atoms with van der Waals surface area (Å²) < 4.78 is 25.8. The summed E-state index contributed by atoms with van der Waals surface area (Å²) in [7, 11) is 0.126. The van der Waals surface area contributed by atoms with Crippen molar-refractivity contribution in [1.29, 1.82) is 0 Å². The third kappa shape index (κ3) is 3.41. The summed E-state index contributed by atoms with van der Waals surface area (Å²) in [6.45, 7) is 2.56. The Bertz CT molecular complexity index is 522. The third-order valence-corrected chi connectivity index (χ3v) is 6.33. The van der Waals surface area contributed by atoms with Gasteiger partial charge in [-0.05, 0) is 38.9 Å². The molecular weight excluding hydrogens is 286 g/mol. The van der Waals surface area contributed by atoms with Crippen LogP contribution in [-0.4, -0.2) is 61.5 Å². The average Bonchev–Trinajstić information content (AvgIpc) is 2.79. The van der Waals surface area contributed by atoms with E-state index < -0.39 is 10.0 Å². The number of aromatic nitrogens is 2. The van der Waals surface area contributed by atoms with E-state index in [1.54, 1.807) is 7.05 Å². The Hall–Kier alpha value is -0.770. The highest BCUT2D eigenvalue weighted by Crippen LogP contribution is 2.23. The molecule has 19 heavy (non-hydrogen) atoms. The zero-order chi connectivity index (χ0) is 14.0. The molecule has 2 N–H and O–H groups in total. The van der Waals surface area contributed by atoms with Crippen molar-refractivity contribution in [2.24, 2.45) is 5.92 Å². The number of likely N-dealkylation sites (tertiary alicyclic amines) is 1. The highest BCUT2D eigenvalue weighted by Gasteiger charge is 2.28. The predicted octanol–water partition coefficient (Wildman–Crippen LogP) is 0.0826. The molecule has 0 amide bonds. The van der Waals surface area contributed by atoms with Gasteiger partial charge < -0.3 is 10.6 Å². The van der Waals surface area contributed by atoms with Crippen LogP contribution >= 0.6 is 11.3 Å². The van der Waals surface area contributed by atoms with Gasteiger partial charge in [0.2, 0.25) is 9.47 Å². The van der Waals surface area contributed by atoms with Crippen molar-refractivity contribution in [3.05, 3.63) is 0 Å². The number of nitrogen functional groups attached to an aromatic ring is 1. The van der Waals surface area contributed by atoms with Crippen LogP contribution in [0.2, 0.25) is 0 Å². The van der Waals surface area contributed by atoms with E-state index in [0.717, 1.165) is 37.3 Å². The minimum atomic E-state index is -3.55. The second-order valence-corrected chi connectivity index (χ2v) is 8.17. The van der Waals surface area contributed by atoms with Crippen LogP contribution in [0.5, 0.6) is 0 Å². The number of rotatable bonds is 4. The molecule has 0 unspecified atom stereocenters. The summed E-state index contributed by atoms with van der Waals surface area (Å²) >= 11 is 0.903. The van der Waals surface area contributed by atoms with Crippen molar-refractivity contribution >= 4 is 26.5 Å². The van der Waals surface area contributed by atoms with E-state index in [0.29, 0.717) is 12.5 Å². The molecule has 0 bridgehead atoms. The van der Waals surface area contributed by atoms with E-state index >= 15 is 0 Å². The minimum Gasteiger partial charge on any atom is -0.374 e. The van der Waals surface area contributed by atoms with Crippen LogP contribution in [-0.2, 0) is 10.0 Å². The van der Waals surface area contributed by atoms with Crippen molar-refractivity contribution in [2.45, 2.75) is 17.2 Å². The molecule has 0 radical (unpaired) electrons. The number of hydrogen-bond acceptors (Lipinski definition) is 7. The molecule has 2 heterocycles. The lowest BCUT2D eigenvalue weighted by atomic mass is 9.97. The lowest BCUT2D eigenvalue weighted by Gasteiger charge is -2.30. The maximum Gasteiger partial charge on any atom is 0.272 e. The average molecular weight is 305 g/mol. The third-order valence-electron chi connectivity index (χ3n) is 3.41. The Balaban J connectivity index is 2.01. The number of sulfonamides is 1. The molecule has 0 aliphatic carbocycles. The SMILES string of the molecule is CN1CCC(CN(C)S(=O)(=O)c2nnc(N)s2)CC1. The number of anilines is 1. The normalized spacial score (nSPS) is 19.1. The lowest BCUT2D eigenvalue weighted by Crippen LogP contribution is -2.37. The molecular formula is C10H19N5O2S2. The standard InChI is InChI=1S/C10H19N5O2S2/c1-14-5-3-8(4-6-14)7-15(2)19(16,17)10-13-12-9(11)18-10/h8H,3-7H2,1-2H3,(H2,11,12). The van der Waals surface area contributed by atoms with Gasteiger partial charge in [-0.2, -0.15) is 4.31 Å². The molecule has 1 aliphatic heterocycles. The quantitative estimate of drug-likeness (QED) is 0.847. The predicted molar refractivity (Wildman–Crippen MR) is 74.4 cm³/mol. The fraction of sp³-hybridized carbons (Fsp3) is 0.800. The van der Waals surface area contributed by atoms with Gasteiger partial charge in [0.25, 0.3) is 10.0 Å². The highest BCUT2D eigenvalue weighted by atomic mass is 32.2. The van der Waals surface area contributed by atoms with Crippen LogP contribution < -0.4 is 5.73 Å². The molecule has 0 aromatic carbocycles. The Morgan fingerprint density at radius 2 is 2.05 bits per heavy atom. The zero-order valence-corrected chi connectivity index (χ0v) is 12.7. The van der Waals surface area contributed by atoms with E-state index in [9.17, 15) is 8.42 Å². The molecule has 2 rings (SSSR count). The smallest absolute Gasteiger partial charge is 0.272 e. The van der Waals surface area contributed by atoms with E-state index in [-0.39, 0.29) is 9.47 Å². The molecule has 0 spiro atoms. The molecule has 1 aromatic heterocycles. The summed E-state index contributed by atoms with van der Waals surface area (Å²) in [5.41, 5.74) is 5.43. The Kier molecular flexibility index (Phi) is 4.39. The van der Waals surface area contributed by atoms with Crippen LogP contribution in [0, 0.1) is 5.92 Å². The van der Waals surface area contributed by atoms with Gasteiger partial charge in [-0.1, -0.05) is 11.3 Å². The van der Waals surface area contributed by atoms with Crippen LogP contribution in [0.25, 0.3) is 0 Å². The fourth-order valence-electron chi connectivity index (χ4n) is 2.16. The van der Waals surface area contributed by atoms with E-state index in [1.807, 2.05) is 0 Å². The molecule has 0 saturated carbocycles. The first-order valence-corrected chi connectivity index (χ1v) is 8.39. The van der Waals surface area contributed by atoms with Crippen molar-refractivity contribution < 1.29 is 8.42 Å². The molecule has 1 saturated heterocycles. The fourth-order valence-corrected chi connectivity index (χ4v) is 4.38. The van der Waals surface area contributed by atoms with Gasteiger partial charge in [-0.15, -0.1) is 10.2 Å². The second-order valence-electron chi connectivity index (χ2n) is 4.94. The summed E-state index contributed by atoms with van der Waals surface area (Å²) in [5, 5.41) is 7.35. The maximum absolute atomic E-state index is 12.3. The monoisotopic (exact) mass is 305 g/mol. The maximum atomic E-state index is 12.3. The number of piperidine rings is 1. The van der Waals surface area contributed by atoms with Gasteiger partial charge in [0.1, 0.15) is 0 Å². The van der Waals surface area contributed by atoms with Crippen molar-refractivity contribution in [3.8, 4) is 0 Å². The first-order chi connectivity index (χ1) is 8.89. The topological polar surface area (TPSA) is 92.4 Å². The summed E-state index contributed by atoms with van der Waals surface area (Å²) in [6.07, 6.45) is 2.04. The number of hydrogen-bond donors (Lipinski definition) is 1. The lowest BCUT2D eigenvalue weighted by molar-refractivity contribution is 0.202. The highest BCUT2D eigenvalue weighted by molar-refractivity contribution is 7.91. The van der Waals surface area contributed by atoms with E-state index in [1.165, 1.54) is 4.31 Å². The molecule has 7 nitrogen and oxygen atoms in total. The molecule has 108 valence electrons. The first-order valence-electron chi connectivity index (χ1n) is 6.13. The summed E-state index contributed by atoms with van der Waals surface area (Å²) in [6, 6.07) is 0. The minimum absolute atomic E-state index is 0.0274. The number of nitrogens with zero attached hydrogens (tertiary/aromatic N) is 4. The Labute approximate surface area is 117 Å². The van der Waals surface area contributed by atoms with Gasteiger partial charge in [0.05, 0.1) is 0 Å². The van der Waals surface area contributed by atoms with Gasteiger partial charge in [-0.25, -0.2) is 8.42 Å². The van der Waals surface area contributed by atoms with Gasteiger partial charge in [0, 0.05) is 13.6 Å². The van der Waals surface area contributed by atoms with Crippen LogP contribution in [0.1, 0.15) is 12.8 Å². The van der Waals surface area contributed by atoms with Crippen molar-refractivity contribution in [2.75, 3.05) is 39.5 Å². The van der Waals surface area contributed by atoms with Crippen molar-refractivity contribution in [1.82, 2.24) is 19.4 Å². The molecule has 0 atom stereocenters. The number of nitrogens with two attached hydrogens (primary N) is 1. The second kappa shape index (κ2) is 5.70. The van der Waals surface area contributed by atoms with Gasteiger partial charge in [0.15, 0.2) is 0 Å². The van der Waals surface area contributed by atoms with Crippen LogP contribution in [0.15, 0.2) is 4.34 Å². The molecule has 1 fully saturated rings. The largest absolute Gasteiger partial charge is 0.374 e. The zero-order valence-electron chi connectivity index (χ0n) is 11.1. The molecule has 9 heteroatoms. The van der Waals surface area contributed by atoms with E-state index in [4.69, 9.17) is 5.73 Å². The Morgan fingerprint density at radius 1 is 1.42 bits per heavy atom. The van der Waals surface area contributed by atoms with Gasteiger partial charge >= 0.3 is 0 Å². The van der Waals surface area contributed by atoms with Crippen molar-refractivity contribution in [3.63, 3.8) is 0 Å². The Morgan fingerprint density at radius 3 is 2.58 bits per heavy atom. The summed E-state index contributed by atoms with van der Waals surface area (Å²) in [5.74, 6) is 0.404. The van der Waals surface area contributed by atoms with Crippen LogP contribution in [0.4, 0.5) is 5.13 Å². The van der Waals surface area contributed by atoms with Gasteiger partial charge in [-0.3, -0.25) is 0 Å².